The maximum atomic E-state index is 11.1. The second-order valence-electron chi connectivity index (χ2n) is 8.24. The summed E-state index contributed by atoms with van der Waals surface area (Å²) in [6, 6.07) is 17.7. The molecule has 37 heavy (non-hydrogen) atoms. The van der Waals surface area contributed by atoms with Crippen LogP contribution in [0.15, 0.2) is 70.9 Å². The first-order chi connectivity index (χ1) is 17.8. The molecule has 1 heterocycles. The zero-order chi connectivity index (χ0) is 26.8. The zero-order valence-corrected chi connectivity index (χ0v) is 19.7. The van der Waals surface area contributed by atoms with E-state index in [9.17, 15) is 35.7 Å². The Labute approximate surface area is 212 Å². The van der Waals surface area contributed by atoms with Gasteiger partial charge in [0.15, 0.2) is 6.29 Å². The molecule has 0 aliphatic carbocycles. The number of nitrogens with one attached hydrogen (secondary N) is 2. The molecule has 3 rings (SSSR count). The summed E-state index contributed by atoms with van der Waals surface area (Å²) in [6.45, 7) is -1.55. The van der Waals surface area contributed by atoms with Crippen LogP contribution in [0.5, 0.6) is 0 Å². The molecule has 9 N–H and O–H groups in total. The van der Waals surface area contributed by atoms with Gasteiger partial charge in [-0.25, -0.2) is 0 Å². The van der Waals surface area contributed by atoms with Crippen LogP contribution in [0, 0.1) is 0 Å². The summed E-state index contributed by atoms with van der Waals surface area (Å²) in [5.41, 5.74) is 6.59. The summed E-state index contributed by atoms with van der Waals surface area (Å²) in [5.74, 6) is 0. The van der Waals surface area contributed by atoms with Crippen LogP contribution in [0.3, 0.4) is 0 Å². The fourth-order valence-electron chi connectivity index (χ4n) is 3.48. The summed E-state index contributed by atoms with van der Waals surface area (Å²) in [4.78, 5) is 0. The van der Waals surface area contributed by atoms with Crippen molar-refractivity contribution in [1.29, 1.82) is 0 Å². The predicted octanol–water partition coefficient (Wildman–Crippen LogP) is -1.55. The topological polar surface area (TPSA) is 209 Å². The standard InChI is InChI=1S/C24H32N4O9/c29-12-17(31)23(37-24-22(35)21(34)20(33)18(13-30)36-24)19(32)16(28-27-15-9-5-2-6-10-15)11-25-26-14-7-3-1-4-8-14/h1-11,17-24,26-27,29-35H,12-13H2/b25-11+,28-16-. The summed E-state index contributed by atoms with van der Waals surface area (Å²) < 4.78 is 10.9. The van der Waals surface area contributed by atoms with Crippen LogP contribution in [-0.2, 0) is 9.47 Å². The second kappa shape index (κ2) is 14.1. The highest BCUT2D eigenvalue weighted by Gasteiger charge is 2.46. The Bertz CT molecular complexity index is 996. The van der Waals surface area contributed by atoms with Crippen molar-refractivity contribution in [3.8, 4) is 0 Å². The van der Waals surface area contributed by atoms with Gasteiger partial charge in [-0.15, -0.1) is 0 Å². The van der Waals surface area contributed by atoms with Gasteiger partial charge in [-0.1, -0.05) is 36.4 Å². The van der Waals surface area contributed by atoms with E-state index in [1.54, 1.807) is 54.6 Å². The Balaban J connectivity index is 1.85. The van der Waals surface area contributed by atoms with E-state index in [1.165, 1.54) is 6.21 Å². The summed E-state index contributed by atoms with van der Waals surface area (Å²) in [6.07, 6.45) is -12.1. The lowest BCUT2D eigenvalue weighted by Gasteiger charge is -2.41. The molecule has 2 aromatic rings. The molecule has 8 unspecified atom stereocenters. The van der Waals surface area contributed by atoms with Gasteiger partial charge in [0.2, 0.25) is 0 Å². The number of ether oxygens (including phenoxy) is 2. The first-order valence-corrected chi connectivity index (χ1v) is 11.5. The van der Waals surface area contributed by atoms with E-state index in [2.05, 4.69) is 21.1 Å². The third kappa shape index (κ3) is 7.75. The van der Waals surface area contributed by atoms with Gasteiger partial charge >= 0.3 is 0 Å². The minimum absolute atomic E-state index is 0.144. The Hall–Kier alpha value is -2.98. The van der Waals surface area contributed by atoms with Gasteiger partial charge in [0.1, 0.15) is 48.4 Å². The van der Waals surface area contributed by atoms with Crippen LogP contribution < -0.4 is 10.9 Å². The third-order valence-electron chi connectivity index (χ3n) is 5.57. The number of hydrogen-bond donors (Lipinski definition) is 9. The summed E-state index contributed by atoms with van der Waals surface area (Å²) >= 11 is 0. The first kappa shape index (κ1) is 28.6. The van der Waals surface area contributed by atoms with Gasteiger partial charge in [0, 0.05) is 0 Å². The van der Waals surface area contributed by atoms with Crippen molar-refractivity contribution < 1.29 is 45.2 Å². The second-order valence-corrected chi connectivity index (χ2v) is 8.24. The quantitative estimate of drug-likeness (QED) is 0.116. The third-order valence-corrected chi connectivity index (χ3v) is 5.57. The number of para-hydroxylation sites is 2. The molecular weight excluding hydrogens is 488 g/mol. The monoisotopic (exact) mass is 520 g/mol. The number of anilines is 2. The van der Waals surface area contributed by atoms with Crippen molar-refractivity contribution in [3.63, 3.8) is 0 Å². The Kier molecular flexibility index (Phi) is 10.9. The highest BCUT2D eigenvalue weighted by Crippen LogP contribution is 2.24. The predicted molar refractivity (Wildman–Crippen MR) is 134 cm³/mol. The lowest BCUT2D eigenvalue weighted by atomic mass is 9.98. The van der Waals surface area contributed by atoms with E-state index in [1.807, 2.05) is 6.07 Å². The molecular formula is C24H32N4O9. The van der Waals surface area contributed by atoms with Crippen LogP contribution in [0.1, 0.15) is 0 Å². The Morgan fingerprint density at radius 3 is 2.05 bits per heavy atom. The highest BCUT2D eigenvalue weighted by atomic mass is 16.7. The molecule has 202 valence electrons. The molecule has 0 amide bonds. The number of aliphatic hydroxyl groups excluding tert-OH is 7. The van der Waals surface area contributed by atoms with Crippen molar-refractivity contribution in [2.45, 2.75) is 49.0 Å². The molecule has 0 bridgehead atoms. The van der Waals surface area contributed by atoms with Gasteiger partial charge in [0.05, 0.1) is 30.8 Å². The van der Waals surface area contributed by atoms with Gasteiger partial charge < -0.3 is 45.2 Å². The van der Waals surface area contributed by atoms with Gasteiger partial charge in [-0.3, -0.25) is 10.9 Å². The smallest absolute Gasteiger partial charge is 0.187 e. The molecule has 1 aliphatic rings. The fraction of sp³-hybridized carbons (Fsp3) is 0.417. The van der Waals surface area contributed by atoms with Crippen molar-refractivity contribution in [2.24, 2.45) is 10.2 Å². The average Bonchev–Trinajstić information content (AvgIpc) is 2.93. The molecule has 0 spiro atoms. The van der Waals surface area contributed by atoms with Gasteiger partial charge in [0.25, 0.3) is 0 Å². The highest BCUT2D eigenvalue weighted by molar-refractivity contribution is 6.33. The van der Waals surface area contributed by atoms with Gasteiger partial charge in [-0.05, 0) is 24.3 Å². The molecule has 0 aromatic heterocycles. The molecule has 0 radical (unpaired) electrons. The van der Waals surface area contributed by atoms with Crippen LogP contribution >= 0.6 is 0 Å². The maximum Gasteiger partial charge on any atom is 0.187 e. The molecule has 0 saturated carbocycles. The fourth-order valence-corrected chi connectivity index (χ4v) is 3.48. The minimum atomic E-state index is -1.80. The largest absolute Gasteiger partial charge is 0.394 e. The number of benzene rings is 2. The van der Waals surface area contributed by atoms with Crippen molar-refractivity contribution in [3.05, 3.63) is 60.7 Å². The lowest BCUT2D eigenvalue weighted by molar-refractivity contribution is -0.322. The van der Waals surface area contributed by atoms with E-state index in [-0.39, 0.29) is 5.71 Å². The van der Waals surface area contributed by atoms with Gasteiger partial charge in [-0.2, -0.15) is 10.2 Å². The molecule has 13 heteroatoms. The molecule has 1 aliphatic heterocycles. The number of nitrogens with zero attached hydrogens (tertiary/aromatic N) is 2. The number of hydrogen-bond acceptors (Lipinski definition) is 13. The Morgan fingerprint density at radius 1 is 0.892 bits per heavy atom. The van der Waals surface area contributed by atoms with Crippen LogP contribution in [0.2, 0.25) is 0 Å². The average molecular weight is 521 g/mol. The van der Waals surface area contributed by atoms with E-state index in [0.29, 0.717) is 11.4 Å². The van der Waals surface area contributed by atoms with Crippen LogP contribution in [-0.4, -0.2) is 110 Å². The van der Waals surface area contributed by atoms with Crippen molar-refractivity contribution in [2.75, 3.05) is 24.1 Å². The lowest BCUT2D eigenvalue weighted by Crippen LogP contribution is -2.61. The molecule has 13 nitrogen and oxygen atoms in total. The van der Waals surface area contributed by atoms with E-state index >= 15 is 0 Å². The summed E-state index contributed by atoms with van der Waals surface area (Å²) in [7, 11) is 0. The van der Waals surface area contributed by atoms with Crippen molar-refractivity contribution in [1.82, 2.24) is 0 Å². The molecule has 1 fully saturated rings. The SMILES string of the molecule is OCC(O)C(OC1OC(CO)C(O)C(O)C1O)C(O)C(/C=N/Nc1ccccc1)=N\Nc1ccccc1. The minimum Gasteiger partial charge on any atom is -0.394 e. The zero-order valence-electron chi connectivity index (χ0n) is 19.7. The molecule has 8 atom stereocenters. The van der Waals surface area contributed by atoms with Crippen LogP contribution in [0.25, 0.3) is 0 Å². The van der Waals surface area contributed by atoms with E-state index < -0.39 is 62.2 Å². The Morgan fingerprint density at radius 2 is 1.49 bits per heavy atom. The molecule has 1 saturated heterocycles. The molecule has 2 aromatic carbocycles. The number of rotatable bonds is 12. The van der Waals surface area contributed by atoms with Crippen molar-refractivity contribution >= 4 is 23.3 Å². The number of aliphatic hydroxyl groups is 7. The summed E-state index contributed by atoms with van der Waals surface area (Å²) in [5, 5.41) is 79.1. The number of hydrazone groups is 2. The van der Waals surface area contributed by atoms with Crippen LogP contribution in [0.4, 0.5) is 11.4 Å². The van der Waals surface area contributed by atoms with E-state index in [4.69, 9.17) is 9.47 Å². The normalized spacial score (nSPS) is 27.0. The van der Waals surface area contributed by atoms with E-state index in [0.717, 1.165) is 0 Å². The maximum absolute atomic E-state index is 11.1. The first-order valence-electron chi connectivity index (χ1n) is 11.5.